The van der Waals surface area contributed by atoms with Crippen LogP contribution in [0.3, 0.4) is 0 Å². The molecule has 0 spiro atoms. The Hall–Kier alpha value is -4.60. The molecule has 2 N–H and O–H groups in total. The van der Waals surface area contributed by atoms with E-state index in [4.69, 9.17) is 0 Å². The quantitative estimate of drug-likeness (QED) is 0.240. The maximum Gasteiger partial charge on any atom is 0.471 e. The summed E-state index contributed by atoms with van der Waals surface area (Å²) in [4.78, 5) is 22.8. The maximum atomic E-state index is 12.7. The van der Waals surface area contributed by atoms with Gasteiger partial charge in [0.2, 0.25) is 0 Å². The molecular weight excluding hydrogens is 522 g/mol. The molecule has 0 radical (unpaired) electrons. The SMILES string of the molecule is O=C(Nc1ccc(C2(c3ccc(NC(=O)C(F)(F)F)cc3)c3ccccc3-c3ccccc32)cc1)C(F)(F)F. The Morgan fingerprint density at radius 3 is 1.18 bits per heavy atom. The van der Waals surface area contributed by atoms with Gasteiger partial charge in [0.25, 0.3) is 0 Å². The maximum absolute atomic E-state index is 12.7. The van der Waals surface area contributed by atoms with E-state index >= 15 is 0 Å². The second-order valence-corrected chi connectivity index (χ2v) is 8.90. The van der Waals surface area contributed by atoms with E-state index in [0.717, 1.165) is 22.3 Å². The second kappa shape index (κ2) is 9.30. The largest absolute Gasteiger partial charge is 0.471 e. The summed E-state index contributed by atoms with van der Waals surface area (Å²) < 4.78 is 76.5. The fourth-order valence-electron chi connectivity index (χ4n) is 5.03. The zero-order chi connectivity index (χ0) is 28.0. The van der Waals surface area contributed by atoms with Gasteiger partial charge in [0.05, 0.1) is 5.41 Å². The first-order valence-corrected chi connectivity index (χ1v) is 11.6. The van der Waals surface area contributed by atoms with Gasteiger partial charge in [-0.25, -0.2) is 0 Å². The van der Waals surface area contributed by atoms with Gasteiger partial charge in [-0.1, -0.05) is 72.8 Å². The molecule has 2 amide bonds. The molecule has 4 aromatic carbocycles. The summed E-state index contributed by atoms with van der Waals surface area (Å²) in [7, 11) is 0. The molecule has 0 atom stereocenters. The fourth-order valence-corrected chi connectivity index (χ4v) is 5.03. The van der Waals surface area contributed by atoms with Gasteiger partial charge in [-0.05, 0) is 57.6 Å². The third-order valence-corrected chi connectivity index (χ3v) is 6.62. The number of alkyl halides is 6. The number of carbonyl (C=O) groups excluding carboxylic acids is 2. The molecule has 4 aromatic rings. The molecule has 0 saturated carbocycles. The lowest BCUT2D eigenvalue weighted by molar-refractivity contribution is -0.167. The lowest BCUT2D eigenvalue weighted by Crippen LogP contribution is -2.31. The van der Waals surface area contributed by atoms with Gasteiger partial charge in [-0.2, -0.15) is 26.3 Å². The summed E-state index contributed by atoms with van der Waals surface area (Å²) in [6.45, 7) is 0. The summed E-state index contributed by atoms with van der Waals surface area (Å²) in [6.07, 6.45) is -10.1. The number of hydrogen-bond donors (Lipinski definition) is 2. The number of fused-ring (bicyclic) bond motifs is 3. The minimum Gasteiger partial charge on any atom is -0.318 e. The van der Waals surface area contributed by atoms with Crippen molar-refractivity contribution in [3.05, 3.63) is 119 Å². The topological polar surface area (TPSA) is 58.2 Å². The first kappa shape index (κ1) is 26.0. The van der Waals surface area contributed by atoms with Crippen LogP contribution in [0.25, 0.3) is 11.1 Å². The van der Waals surface area contributed by atoms with Gasteiger partial charge in [0, 0.05) is 11.4 Å². The summed E-state index contributed by atoms with van der Waals surface area (Å²) in [6, 6.07) is 27.0. The van der Waals surface area contributed by atoms with Crippen molar-refractivity contribution in [2.45, 2.75) is 17.8 Å². The van der Waals surface area contributed by atoms with E-state index in [1.807, 2.05) is 59.2 Å². The van der Waals surface area contributed by atoms with E-state index in [1.54, 1.807) is 24.3 Å². The van der Waals surface area contributed by atoms with E-state index < -0.39 is 29.6 Å². The number of nitrogens with one attached hydrogen (secondary N) is 2. The van der Waals surface area contributed by atoms with Crippen LogP contribution in [0, 0.1) is 0 Å². The molecule has 10 heteroatoms. The van der Waals surface area contributed by atoms with Gasteiger partial charge in [0.1, 0.15) is 0 Å². The van der Waals surface area contributed by atoms with Crippen LogP contribution in [0.2, 0.25) is 0 Å². The Morgan fingerprint density at radius 1 is 0.513 bits per heavy atom. The molecule has 0 unspecified atom stereocenters. The molecule has 198 valence electrons. The normalized spacial score (nSPS) is 13.8. The van der Waals surface area contributed by atoms with Gasteiger partial charge >= 0.3 is 24.2 Å². The van der Waals surface area contributed by atoms with Crippen molar-refractivity contribution < 1.29 is 35.9 Å². The summed E-state index contributed by atoms with van der Waals surface area (Å²) in [5.74, 6) is -4.20. The van der Waals surface area contributed by atoms with E-state index in [-0.39, 0.29) is 11.4 Å². The zero-order valence-electron chi connectivity index (χ0n) is 19.8. The molecule has 0 saturated heterocycles. The predicted molar refractivity (Wildman–Crippen MR) is 133 cm³/mol. The van der Waals surface area contributed by atoms with E-state index in [0.29, 0.717) is 11.1 Å². The van der Waals surface area contributed by atoms with Crippen molar-refractivity contribution in [1.29, 1.82) is 0 Å². The molecule has 0 bridgehead atoms. The standard InChI is InChI=1S/C29H18F6N2O2/c30-28(31,32)25(38)36-19-13-9-17(10-14-19)27(18-11-15-20(16-12-18)37-26(39)29(33,34)35)23-7-3-1-5-21(23)22-6-2-4-8-24(22)27/h1-16H,(H,36,38)(H,37,39). The number of hydrogen-bond acceptors (Lipinski definition) is 2. The van der Waals surface area contributed by atoms with Crippen molar-refractivity contribution in [2.24, 2.45) is 0 Å². The number of carbonyl (C=O) groups is 2. The number of anilines is 2. The van der Waals surface area contributed by atoms with E-state index in [9.17, 15) is 35.9 Å². The Balaban J connectivity index is 1.66. The number of halogens is 6. The molecule has 0 fully saturated rings. The smallest absolute Gasteiger partial charge is 0.318 e. The Morgan fingerprint density at radius 2 is 0.846 bits per heavy atom. The van der Waals surface area contributed by atoms with Gasteiger partial charge < -0.3 is 10.6 Å². The molecule has 0 aliphatic heterocycles. The number of benzene rings is 4. The van der Waals surface area contributed by atoms with Crippen molar-refractivity contribution in [3.8, 4) is 11.1 Å². The van der Waals surface area contributed by atoms with Crippen LogP contribution in [0.5, 0.6) is 0 Å². The third kappa shape index (κ3) is 4.52. The number of amides is 2. The number of rotatable bonds is 4. The Bertz CT molecular complexity index is 1440. The van der Waals surface area contributed by atoms with Crippen LogP contribution in [0.4, 0.5) is 37.7 Å². The average molecular weight is 540 g/mol. The molecule has 1 aliphatic carbocycles. The molecule has 5 rings (SSSR count). The molecule has 1 aliphatic rings. The van der Waals surface area contributed by atoms with Crippen LogP contribution in [0.1, 0.15) is 22.3 Å². The van der Waals surface area contributed by atoms with Gasteiger partial charge in [-0.3, -0.25) is 9.59 Å². The van der Waals surface area contributed by atoms with Crippen LogP contribution in [-0.4, -0.2) is 24.2 Å². The first-order chi connectivity index (χ1) is 18.4. The summed E-state index contributed by atoms with van der Waals surface area (Å²) in [5.41, 5.74) is 3.73. The first-order valence-electron chi connectivity index (χ1n) is 11.6. The molecule has 0 heterocycles. The second-order valence-electron chi connectivity index (χ2n) is 8.90. The van der Waals surface area contributed by atoms with Crippen molar-refractivity contribution in [3.63, 3.8) is 0 Å². The minimum atomic E-state index is -5.05. The monoisotopic (exact) mass is 540 g/mol. The lowest BCUT2D eigenvalue weighted by atomic mass is 9.67. The predicted octanol–water partition coefficient (Wildman–Crippen LogP) is 7.05. The van der Waals surface area contributed by atoms with Crippen molar-refractivity contribution >= 4 is 23.2 Å². The van der Waals surface area contributed by atoms with Crippen molar-refractivity contribution in [2.75, 3.05) is 10.6 Å². The summed E-state index contributed by atoms with van der Waals surface area (Å²) >= 11 is 0. The lowest BCUT2D eigenvalue weighted by Gasteiger charge is -2.34. The molecule has 4 nitrogen and oxygen atoms in total. The Labute approximate surface area is 218 Å². The van der Waals surface area contributed by atoms with Crippen LogP contribution >= 0.6 is 0 Å². The molecular formula is C29H18F6N2O2. The van der Waals surface area contributed by atoms with E-state index in [1.165, 1.54) is 24.3 Å². The average Bonchev–Trinajstić information content (AvgIpc) is 3.20. The highest BCUT2D eigenvalue weighted by Crippen LogP contribution is 2.56. The van der Waals surface area contributed by atoms with Crippen molar-refractivity contribution in [1.82, 2.24) is 0 Å². The highest BCUT2D eigenvalue weighted by atomic mass is 19.4. The van der Waals surface area contributed by atoms with Crippen LogP contribution in [0.15, 0.2) is 97.1 Å². The van der Waals surface area contributed by atoms with Gasteiger partial charge in [0.15, 0.2) is 0 Å². The minimum absolute atomic E-state index is 0.0546. The molecule has 39 heavy (non-hydrogen) atoms. The highest BCUT2D eigenvalue weighted by molar-refractivity contribution is 5.96. The van der Waals surface area contributed by atoms with E-state index in [2.05, 4.69) is 0 Å². The molecule has 0 aromatic heterocycles. The van der Waals surface area contributed by atoms with Gasteiger partial charge in [-0.15, -0.1) is 0 Å². The summed E-state index contributed by atoms with van der Waals surface area (Å²) in [5, 5.41) is 3.66. The van der Waals surface area contributed by atoms with Crippen LogP contribution < -0.4 is 10.6 Å². The highest BCUT2D eigenvalue weighted by Gasteiger charge is 2.46. The van der Waals surface area contributed by atoms with Crippen LogP contribution in [-0.2, 0) is 15.0 Å². The third-order valence-electron chi connectivity index (χ3n) is 6.62. The Kier molecular flexibility index (Phi) is 6.21. The zero-order valence-corrected chi connectivity index (χ0v) is 19.8. The fraction of sp³-hybridized carbons (Fsp3) is 0.103.